The molecule has 68 valence electrons. The van der Waals surface area contributed by atoms with Gasteiger partial charge in [-0.15, -0.1) is 0 Å². The molecule has 2 amide bonds. The number of amides is 2. The van der Waals surface area contributed by atoms with Gasteiger partial charge in [0.05, 0.1) is 11.8 Å². The third-order valence-corrected chi connectivity index (χ3v) is 2.77. The van der Waals surface area contributed by atoms with Gasteiger partial charge in [0.1, 0.15) is 0 Å². The lowest BCUT2D eigenvalue weighted by Gasteiger charge is -2.07. The molecule has 4 N–H and O–H groups in total. The Labute approximate surface area is 69.7 Å². The molecule has 1 aliphatic heterocycles. The largest absolute Gasteiger partial charge is 0.330 e. The second kappa shape index (κ2) is 3.11. The first-order valence-electron chi connectivity index (χ1n) is 3.21. The zero-order chi connectivity index (χ0) is 9.19. The Balaban J connectivity index is 2.51. The molecular formula is C5H9N3O3S. The van der Waals surface area contributed by atoms with E-state index < -0.39 is 21.9 Å². The number of nitrogens with one attached hydrogen (secondary N) is 2. The molecule has 1 aliphatic rings. The lowest BCUT2D eigenvalue weighted by Crippen LogP contribution is -2.45. The molecule has 1 atom stereocenters. The van der Waals surface area contributed by atoms with Gasteiger partial charge in [-0.3, -0.25) is 5.43 Å². The monoisotopic (exact) mass is 191 g/mol. The molecule has 1 heterocycles. The normalized spacial score (nSPS) is 25.2. The van der Waals surface area contributed by atoms with Crippen LogP contribution in [0.4, 0.5) is 4.79 Å². The molecule has 1 unspecified atom stereocenters. The zero-order valence-corrected chi connectivity index (χ0v) is 6.97. The molecule has 0 saturated carbocycles. The minimum Gasteiger partial charge on any atom is -0.330 e. The first kappa shape index (κ1) is 9.01. The minimum absolute atomic E-state index is 0.0968. The highest BCUT2D eigenvalue weighted by atomic mass is 32.2. The molecule has 1 rings (SSSR count). The molecule has 0 aromatic carbocycles. The average Bonchev–Trinajstić information content (AvgIpc) is 2.30. The summed E-state index contributed by atoms with van der Waals surface area (Å²) in [5.74, 6) is 4.69. The summed E-state index contributed by atoms with van der Waals surface area (Å²) in [6.07, 6.45) is 1.41. The van der Waals surface area contributed by atoms with Crippen LogP contribution in [0.15, 0.2) is 11.5 Å². The Morgan fingerprint density at radius 2 is 2.25 bits per heavy atom. The second-order valence-corrected chi connectivity index (χ2v) is 4.31. The van der Waals surface area contributed by atoms with E-state index in [1.807, 2.05) is 5.43 Å². The van der Waals surface area contributed by atoms with E-state index >= 15 is 0 Å². The van der Waals surface area contributed by atoms with Crippen molar-refractivity contribution in [3.05, 3.63) is 11.5 Å². The Hall–Kier alpha value is -1.08. The van der Waals surface area contributed by atoms with E-state index in [0.29, 0.717) is 0 Å². The average molecular weight is 191 g/mol. The fourth-order valence-corrected chi connectivity index (χ4v) is 2.11. The Morgan fingerprint density at radius 1 is 1.58 bits per heavy atom. The van der Waals surface area contributed by atoms with E-state index in [1.54, 1.807) is 0 Å². The summed E-state index contributed by atoms with van der Waals surface area (Å²) in [4.78, 5) is 10.6. The van der Waals surface area contributed by atoms with Gasteiger partial charge in [-0.25, -0.2) is 19.1 Å². The number of rotatable bonds is 1. The third-order valence-electron chi connectivity index (χ3n) is 1.38. The fraction of sp³-hybridized carbons (Fsp3) is 0.400. The lowest BCUT2D eigenvalue weighted by molar-refractivity contribution is 0.240. The van der Waals surface area contributed by atoms with Crippen molar-refractivity contribution in [2.75, 3.05) is 5.75 Å². The predicted octanol–water partition coefficient (Wildman–Crippen LogP) is -1.53. The summed E-state index contributed by atoms with van der Waals surface area (Å²) in [6, 6.07) is -1.07. The van der Waals surface area contributed by atoms with E-state index in [4.69, 9.17) is 5.84 Å². The van der Waals surface area contributed by atoms with Gasteiger partial charge >= 0.3 is 6.03 Å². The van der Waals surface area contributed by atoms with Gasteiger partial charge in [0.15, 0.2) is 9.84 Å². The third kappa shape index (κ3) is 2.21. The van der Waals surface area contributed by atoms with Crippen LogP contribution in [0.25, 0.3) is 0 Å². The van der Waals surface area contributed by atoms with E-state index in [-0.39, 0.29) is 5.75 Å². The van der Waals surface area contributed by atoms with E-state index in [9.17, 15) is 13.2 Å². The van der Waals surface area contributed by atoms with Crippen molar-refractivity contribution in [3.63, 3.8) is 0 Å². The van der Waals surface area contributed by atoms with Crippen molar-refractivity contribution < 1.29 is 13.2 Å². The van der Waals surface area contributed by atoms with E-state index in [2.05, 4.69) is 5.32 Å². The molecule has 0 bridgehead atoms. The van der Waals surface area contributed by atoms with Crippen molar-refractivity contribution in [1.82, 2.24) is 10.7 Å². The van der Waals surface area contributed by atoms with Crippen molar-refractivity contribution in [2.45, 2.75) is 6.04 Å². The van der Waals surface area contributed by atoms with Gasteiger partial charge in [0.25, 0.3) is 0 Å². The Kier molecular flexibility index (Phi) is 2.34. The molecule has 6 nitrogen and oxygen atoms in total. The van der Waals surface area contributed by atoms with Gasteiger partial charge in [-0.05, 0) is 6.08 Å². The number of hydrogen-bond acceptors (Lipinski definition) is 4. The maximum absolute atomic E-state index is 10.8. The van der Waals surface area contributed by atoms with Crippen LogP contribution in [-0.4, -0.2) is 26.2 Å². The Morgan fingerprint density at radius 3 is 2.67 bits per heavy atom. The van der Waals surface area contributed by atoms with Crippen LogP contribution in [-0.2, 0) is 9.84 Å². The highest BCUT2D eigenvalue weighted by molar-refractivity contribution is 7.94. The van der Waals surface area contributed by atoms with Gasteiger partial charge < -0.3 is 5.32 Å². The molecule has 0 saturated heterocycles. The van der Waals surface area contributed by atoms with Gasteiger partial charge in [0.2, 0.25) is 0 Å². The quantitative estimate of drug-likeness (QED) is 0.266. The van der Waals surface area contributed by atoms with Crippen LogP contribution in [0.3, 0.4) is 0 Å². The maximum atomic E-state index is 10.8. The van der Waals surface area contributed by atoms with Gasteiger partial charge in [0, 0.05) is 5.41 Å². The topological polar surface area (TPSA) is 101 Å². The van der Waals surface area contributed by atoms with Crippen LogP contribution in [0.5, 0.6) is 0 Å². The zero-order valence-electron chi connectivity index (χ0n) is 6.15. The molecule has 0 spiro atoms. The lowest BCUT2D eigenvalue weighted by atomic mass is 10.3. The van der Waals surface area contributed by atoms with Crippen molar-refractivity contribution in [1.29, 1.82) is 0 Å². The van der Waals surface area contributed by atoms with E-state index in [0.717, 1.165) is 5.41 Å². The van der Waals surface area contributed by atoms with Crippen molar-refractivity contribution in [3.8, 4) is 0 Å². The number of hydrazine groups is 1. The van der Waals surface area contributed by atoms with Crippen molar-refractivity contribution in [2.24, 2.45) is 5.84 Å². The number of urea groups is 1. The summed E-state index contributed by atoms with van der Waals surface area (Å²) in [5, 5.41) is 3.42. The summed E-state index contributed by atoms with van der Waals surface area (Å²) >= 11 is 0. The number of nitrogens with two attached hydrogens (primary N) is 1. The number of carbonyl (C=O) groups excluding carboxylic acids is 1. The summed E-state index contributed by atoms with van der Waals surface area (Å²) in [6.45, 7) is 0. The Bertz CT molecular complexity index is 308. The minimum atomic E-state index is -3.11. The van der Waals surface area contributed by atoms with Crippen LogP contribution >= 0.6 is 0 Å². The van der Waals surface area contributed by atoms with Crippen molar-refractivity contribution >= 4 is 15.9 Å². The maximum Gasteiger partial charge on any atom is 0.329 e. The highest BCUT2D eigenvalue weighted by Gasteiger charge is 2.22. The van der Waals surface area contributed by atoms with Crippen LogP contribution in [0.1, 0.15) is 0 Å². The predicted molar refractivity (Wildman–Crippen MR) is 42.6 cm³/mol. The van der Waals surface area contributed by atoms with Crippen LogP contribution in [0, 0.1) is 0 Å². The summed E-state index contributed by atoms with van der Waals surface area (Å²) in [5.41, 5.74) is 1.84. The molecule has 0 radical (unpaired) electrons. The molecule has 12 heavy (non-hydrogen) atoms. The first-order valence-corrected chi connectivity index (χ1v) is 4.93. The van der Waals surface area contributed by atoms with Crippen LogP contribution < -0.4 is 16.6 Å². The summed E-state index contributed by atoms with van der Waals surface area (Å²) < 4.78 is 21.6. The molecular weight excluding hydrogens is 182 g/mol. The molecule has 7 heteroatoms. The number of carbonyl (C=O) groups is 1. The SMILES string of the molecule is NNC(=O)NC1C=CS(=O)(=O)C1. The smallest absolute Gasteiger partial charge is 0.329 e. The molecule has 0 aliphatic carbocycles. The first-order chi connectivity index (χ1) is 5.53. The summed E-state index contributed by atoms with van der Waals surface area (Å²) in [7, 11) is -3.11. The van der Waals surface area contributed by atoms with E-state index in [1.165, 1.54) is 6.08 Å². The second-order valence-electron chi connectivity index (χ2n) is 2.38. The fourth-order valence-electron chi connectivity index (χ4n) is 0.876. The van der Waals surface area contributed by atoms with Gasteiger partial charge in [-0.1, -0.05) is 0 Å². The molecule has 0 fully saturated rings. The standard InChI is InChI=1S/C5H9N3O3S/c6-8-5(9)7-4-1-2-12(10,11)3-4/h1-2,4H,3,6H2,(H2,7,8,9). The molecule has 0 aromatic rings. The van der Waals surface area contributed by atoms with Gasteiger partial charge in [-0.2, -0.15) is 0 Å². The highest BCUT2D eigenvalue weighted by Crippen LogP contribution is 2.07. The molecule has 0 aromatic heterocycles. The number of sulfone groups is 1. The van der Waals surface area contributed by atoms with Crippen LogP contribution in [0.2, 0.25) is 0 Å². The number of hydrogen-bond donors (Lipinski definition) is 3.